The zero-order valence-corrected chi connectivity index (χ0v) is 11.0. The molecule has 3 nitrogen and oxygen atoms in total. The number of nitrogens with zero attached hydrogens (tertiary/aromatic N) is 1. The van der Waals surface area contributed by atoms with Gasteiger partial charge in [0.1, 0.15) is 0 Å². The summed E-state index contributed by atoms with van der Waals surface area (Å²) in [5.74, 6) is 0. The van der Waals surface area contributed by atoms with Crippen LogP contribution in [0.3, 0.4) is 0 Å². The van der Waals surface area contributed by atoms with Crippen LogP contribution < -0.4 is 0 Å². The molecule has 0 bridgehead atoms. The SMILES string of the molecule is OC(CC1CCCCO1)c1ccc2ncccc2c1. The van der Waals surface area contributed by atoms with Gasteiger partial charge in [0, 0.05) is 24.6 Å². The Morgan fingerprint density at radius 2 is 2.26 bits per heavy atom. The fourth-order valence-electron chi connectivity index (χ4n) is 2.68. The number of hydrogen-bond donors (Lipinski definition) is 1. The largest absolute Gasteiger partial charge is 0.388 e. The van der Waals surface area contributed by atoms with E-state index in [0.717, 1.165) is 35.9 Å². The summed E-state index contributed by atoms with van der Waals surface area (Å²) in [6, 6.07) is 9.90. The maximum Gasteiger partial charge on any atom is 0.0815 e. The lowest BCUT2D eigenvalue weighted by atomic mass is 9.98. The highest BCUT2D eigenvalue weighted by atomic mass is 16.5. The van der Waals surface area contributed by atoms with Crippen molar-refractivity contribution in [1.29, 1.82) is 0 Å². The topological polar surface area (TPSA) is 42.4 Å². The molecule has 0 aliphatic carbocycles. The van der Waals surface area contributed by atoms with E-state index in [0.29, 0.717) is 6.42 Å². The van der Waals surface area contributed by atoms with Crippen LogP contribution in [0, 0.1) is 0 Å². The second-order valence-corrected chi connectivity index (χ2v) is 5.20. The third-order valence-electron chi connectivity index (χ3n) is 3.77. The molecule has 2 unspecified atom stereocenters. The van der Waals surface area contributed by atoms with Gasteiger partial charge in [-0.25, -0.2) is 0 Å². The van der Waals surface area contributed by atoms with E-state index in [1.807, 2.05) is 30.3 Å². The summed E-state index contributed by atoms with van der Waals surface area (Å²) in [5.41, 5.74) is 1.92. The maximum atomic E-state index is 10.3. The van der Waals surface area contributed by atoms with E-state index in [4.69, 9.17) is 4.74 Å². The van der Waals surface area contributed by atoms with Crippen molar-refractivity contribution in [2.75, 3.05) is 6.61 Å². The Labute approximate surface area is 113 Å². The van der Waals surface area contributed by atoms with E-state index in [2.05, 4.69) is 4.98 Å². The molecule has 19 heavy (non-hydrogen) atoms. The molecule has 1 aliphatic rings. The zero-order chi connectivity index (χ0) is 13.1. The number of aliphatic hydroxyl groups is 1. The Hall–Kier alpha value is -1.45. The maximum absolute atomic E-state index is 10.3. The molecule has 1 fully saturated rings. The summed E-state index contributed by atoms with van der Waals surface area (Å²) in [7, 11) is 0. The van der Waals surface area contributed by atoms with Crippen LogP contribution in [0.25, 0.3) is 10.9 Å². The van der Waals surface area contributed by atoms with Crippen molar-refractivity contribution in [2.24, 2.45) is 0 Å². The van der Waals surface area contributed by atoms with Crippen LogP contribution >= 0.6 is 0 Å². The van der Waals surface area contributed by atoms with Gasteiger partial charge in [0.2, 0.25) is 0 Å². The minimum atomic E-state index is -0.451. The predicted octanol–water partition coefficient (Wildman–Crippen LogP) is 3.23. The second kappa shape index (κ2) is 5.68. The van der Waals surface area contributed by atoms with Gasteiger partial charge in [-0.1, -0.05) is 12.1 Å². The van der Waals surface area contributed by atoms with Gasteiger partial charge in [-0.15, -0.1) is 0 Å². The Balaban J connectivity index is 1.75. The van der Waals surface area contributed by atoms with Crippen molar-refractivity contribution in [2.45, 2.75) is 37.9 Å². The predicted molar refractivity (Wildman–Crippen MR) is 74.9 cm³/mol. The normalized spacial score (nSPS) is 21.4. The van der Waals surface area contributed by atoms with Gasteiger partial charge < -0.3 is 9.84 Å². The molecule has 3 heteroatoms. The number of benzene rings is 1. The highest BCUT2D eigenvalue weighted by Gasteiger charge is 2.19. The average molecular weight is 257 g/mol. The van der Waals surface area contributed by atoms with Gasteiger partial charge in [0.25, 0.3) is 0 Å². The van der Waals surface area contributed by atoms with Gasteiger partial charge >= 0.3 is 0 Å². The molecule has 0 spiro atoms. The quantitative estimate of drug-likeness (QED) is 0.918. The van der Waals surface area contributed by atoms with Crippen LogP contribution in [0.15, 0.2) is 36.5 Å². The first-order chi connectivity index (χ1) is 9.33. The van der Waals surface area contributed by atoms with Crippen LogP contribution in [0.1, 0.15) is 37.4 Å². The number of hydrogen-bond acceptors (Lipinski definition) is 3. The van der Waals surface area contributed by atoms with Gasteiger partial charge in [0.05, 0.1) is 17.7 Å². The molecule has 1 N–H and O–H groups in total. The van der Waals surface area contributed by atoms with Crippen molar-refractivity contribution < 1.29 is 9.84 Å². The summed E-state index contributed by atoms with van der Waals surface area (Å²) >= 11 is 0. The Morgan fingerprint density at radius 3 is 3.11 bits per heavy atom. The van der Waals surface area contributed by atoms with E-state index in [1.165, 1.54) is 6.42 Å². The molecule has 2 heterocycles. The molecular weight excluding hydrogens is 238 g/mol. The number of fused-ring (bicyclic) bond motifs is 1. The van der Waals surface area contributed by atoms with E-state index in [9.17, 15) is 5.11 Å². The fraction of sp³-hybridized carbons (Fsp3) is 0.438. The monoisotopic (exact) mass is 257 g/mol. The van der Waals surface area contributed by atoms with E-state index < -0.39 is 6.10 Å². The molecule has 1 aromatic heterocycles. The first-order valence-electron chi connectivity index (χ1n) is 6.97. The number of rotatable bonds is 3. The van der Waals surface area contributed by atoms with Crippen LogP contribution in [0.4, 0.5) is 0 Å². The number of aliphatic hydroxyl groups excluding tert-OH is 1. The molecular formula is C16H19NO2. The van der Waals surface area contributed by atoms with Crippen LogP contribution in [0.5, 0.6) is 0 Å². The average Bonchev–Trinajstić information content (AvgIpc) is 2.48. The summed E-state index contributed by atoms with van der Waals surface area (Å²) in [6.45, 7) is 0.832. The molecule has 3 rings (SSSR count). The Bertz CT molecular complexity index is 549. The summed E-state index contributed by atoms with van der Waals surface area (Å²) in [5, 5.41) is 11.4. The van der Waals surface area contributed by atoms with Gasteiger partial charge in [-0.05, 0) is 43.0 Å². The summed E-state index contributed by atoms with van der Waals surface area (Å²) in [4.78, 5) is 4.29. The van der Waals surface area contributed by atoms with Crippen molar-refractivity contribution in [3.63, 3.8) is 0 Å². The lowest BCUT2D eigenvalue weighted by molar-refractivity contribution is -0.0155. The number of pyridine rings is 1. The molecule has 2 aromatic rings. The van der Waals surface area contributed by atoms with Crippen LogP contribution in [0.2, 0.25) is 0 Å². The first-order valence-corrected chi connectivity index (χ1v) is 6.97. The smallest absolute Gasteiger partial charge is 0.0815 e. The lowest BCUT2D eigenvalue weighted by Crippen LogP contribution is -2.21. The molecule has 1 saturated heterocycles. The van der Waals surface area contributed by atoms with Crippen LogP contribution in [-0.2, 0) is 4.74 Å². The fourth-order valence-corrected chi connectivity index (χ4v) is 2.68. The zero-order valence-electron chi connectivity index (χ0n) is 11.0. The van der Waals surface area contributed by atoms with Crippen LogP contribution in [-0.4, -0.2) is 22.8 Å². The third kappa shape index (κ3) is 2.94. The molecule has 0 radical (unpaired) electrons. The van der Waals surface area contributed by atoms with Crippen molar-refractivity contribution in [3.05, 3.63) is 42.1 Å². The van der Waals surface area contributed by atoms with E-state index in [1.54, 1.807) is 6.20 Å². The van der Waals surface area contributed by atoms with Gasteiger partial charge in [0.15, 0.2) is 0 Å². The van der Waals surface area contributed by atoms with Crippen molar-refractivity contribution >= 4 is 10.9 Å². The third-order valence-corrected chi connectivity index (χ3v) is 3.77. The van der Waals surface area contributed by atoms with Crippen molar-refractivity contribution in [1.82, 2.24) is 4.98 Å². The van der Waals surface area contributed by atoms with Gasteiger partial charge in [-0.2, -0.15) is 0 Å². The molecule has 1 aliphatic heterocycles. The number of ether oxygens (including phenoxy) is 1. The highest BCUT2D eigenvalue weighted by Crippen LogP contribution is 2.26. The lowest BCUT2D eigenvalue weighted by Gasteiger charge is -2.25. The minimum absolute atomic E-state index is 0.202. The van der Waals surface area contributed by atoms with E-state index >= 15 is 0 Å². The highest BCUT2D eigenvalue weighted by molar-refractivity contribution is 5.78. The molecule has 0 amide bonds. The summed E-state index contributed by atoms with van der Waals surface area (Å²) < 4.78 is 5.69. The molecule has 2 atom stereocenters. The molecule has 0 saturated carbocycles. The Morgan fingerprint density at radius 1 is 1.32 bits per heavy atom. The minimum Gasteiger partial charge on any atom is -0.388 e. The Kier molecular flexibility index (Phi) is 3.76. The molecule has 1 aromatic carbocycles. The first kappa shape index (κ1) is 12.6. The number of aromatic nitrogens is 1. The molecule has 100 valence electrons. The van der Waals surface area contributed by atoms with Crippen molar-refractivity contribution in [3.8, 4) is 0 Å². The summed E-state index contributed by atoms with van der Waals surface area (Å²) in [6.07, 6.45) is 5.64. The standard InChI is InChI=1S/C16H19NO2/c18-16(11-14-5-1-2-9-19-14)13-6-7-15-12(10-13)4-3-8-17-15/h3-4,6-8,10,14,16,18H,1-2,5,9,11H2. The van der Waals surface area contributed by atoms with Gasteiger partial charge in [-0.3, -0.25) is 4.98 Å². The second-order valence-electron chi connectivity index (χ2n) is 5.20. The van der Waals surface area contributed by atoms with E-state index in [-0.39, 0.29) is 6.10 Å².